The van der Waals surface area contributed by atoms with E-state index >= 15 is 0 Å². The van der Waals surface area contributed by atoms with Crippen LogP contribution in [-0.4, -0.2) is 68.6 Å². The zero-order chi connectivity index (χ0) is 20.5. The Morgan fingerprint density at radius 3 is 2.59 bits per heavy atom. The van der Waals surface area contributed by atoms with E-state index in [1.165, 1.54) is 44.5 Å². The molecule has 0 unspecified atom stereocenters. The molecule has 0 aromatic heterocycles. The molecule has 1 aromatic carbocycles. The van der Waals surface area contributed by atoms with Crippen LogP contribution in [0.2, 0.25) is 0 Å². The van der Waals surface area contributed by atoms with Crippen molar-refractivity contribution in [1.82, 2.24) is 20.9 Å². The summed E-state index contributed by atoms with van der Waals surface area (Å²) in [7, 11) is 0. The van der Waals surface area contributed by atoms with Gasteiger partial charge in [0.2, 0.25) is 5.91 Å². The van der Waals surface area contributed by atoms with Gasteiger partial charge in [-0.2, -0.15) is 0 Å². The molecule has 1 aromatic rings. The maximum atomic E-state index is 11.6. The number of hydrogen-bond acceptors (Lipinski definition) is 4. The predicted molar refractivity (Wildman–Crippen MR) is 119 cm³/mol. The second-order valence-corrected chi connectivity index (χ2v) is 7.89. The monoisotopic (exact) mass is 400 g/mol. The van der Waals surface area contributed by atoms with E-state index in [1.54, 1.807) is 0 Å². The second-order valence-electron chi connectivity index (χ2n) is 7.89. The van der Waals surface area contributed by atoms with Gasteiger partial charge in [-0.15, -0.1) is 0 Å². The number of benzene rings is 1. The van der Waals surface area contributed by atoms with Crippen LogP contribution in [0, 0.1) is 0 Å². The number of piperazine rings is 1. The Morgan fingerprint density at radius 2 is 1.93 bits per heavy atom. The van der Waals surface area contributed by atoms with Gasteiger partial charge >= 0.3 is 0 Å². The summed E-state index contributed by atoms with van der Waals surface area (Å²) in [6.45, 7) is 11.4. The molecule has 3 rings (SSSR count). The van der Waals surface area contributed by atoms with Gasteiger partial charge in [0.15, 0.2) is 5.96 Å². The minimum Gasteiger partial charge on any atom is -0.360 e. The topological polar surface area (TPSA) is 72.0 Å². The SMILES string of the molecule is CCCN1CCC(NC(=NCc2ccc(N3CCNC(=O)C3)cc2)NCC)CC1. The van der Waals surface area contributed by atoms with Crippen molar-refractivity contribution in [2.24, 2.45) is 4.99 Å². The van der Waals surface area contributed by atoms with E-state index in [9.17, 15) is 4.79 Å². The van der Waals surface area contributed by atoms with Crippen LogP contribution >= 0.6 is 0 Å². The first-order valence-corrected chi connectivity index (χ1v) is 11.1. The quantitative estimate of drug-likeness (QED) is 0.479. The fourth-order valence-electron chi connectivity index (χ4n) is 3.97. The van der Waals surface area contributed by atoms with Crippen LogP contribution in [0.25, 0.3) is 0 Å². The van der Waals surface area contributed by atoms with Crippen molar-refractivity contribution in [1.29, 1.82) is 0 Å². The van der Waals surface area contributed by atoms with Crippen molar-refractivity contribution in [2.75, 3.05) is 50.7 Å². The highest BCUT2D eigenvalue weighted by molar-refractivity contribution is 5.82. The number of hydrogen-bond donors (Lipinski definition) is 3. The molecule has 0 radical (unpaired) electrons. The molecule has 0 bridgehead atoms. The molecule has 0 atom stereocenters. The van der Waals surface area contributed by atoms with Gasteiger partial charge in [0.05, 0.1) is 13.1 Å². The third-order valence-electron chi connectivity index (χ3n) is 5.57. The molecule has 1 amide bonds. The van der Waals surface area contributed by atoms with Crippen LogP contribution in [0.15, 0.2) is 29.3 Å². The molecule has 2 aliphatic rings. The maximum absolute atomic E-state index is 11.6. The lowest BCUT2D eigenvalue weighted by molar-refractivity contribution is -0.120. The smallest absolute Gasteiger partial charge is 0.239 e. The van der Waals surface area contributed by atoms with Crippen molar-refractivity contribution in [3.63, 3.8) is 0 Å². The normalized spacial score (nSPS) is 19.2. The summed E-state index contributed by atoms with van der Waals surface area (Å²) in [6.07, 6.45) is 3.57. The van der Waals surface area contributed by atoms with E-state index in [0.717, 1.165) is 24.7 Å². The lowest BCUT2D eigenvalue weighted by Gasteiger charge is -2.32. The minimum atomic E-state index is 0.0896. The summed E-state index contributed by atoms with van der Waals surface area (Å²) in [5.74, 6) is 0.991. The fraction of sp³-hybridized carbons (Fsp3) is 0.636. The van der Waals surface area contributed by atoms with Crippen molar-refractivity contribution in [3.8, 4) is 0 Å². The zero-order valence-electron chi connectivity index (χ0n) is 17.9. The van der Waals surface area contributed by atoms with E-state index in [2.05, 4.69) is 63.9 Å². The van der Waals surface area contributed by atoms with Crippen LogP contribution in [0.5, 0.6) is 0 Å². The number of carbonyl (C=O) groups excluding carboxylic acids is 1. The van der Waals surface area contributed by atoms with Crippen molar-refractivity contribution >= 4 is 17.6 Å². The second kappa shape index (κ2) is 11.0. The highest BCUT2D eigenvalue weighted by Crippen LogP contribution is 2.16. The number of nitrogens with zero attached hydrogens (tertiary/aromatic N) is 3. The molecule has 2 heterocycles. The van der Waals surface area contributed by atoms with Gasteiger partial charge in [-0.05, 0) is 50.4 Å². The van der Waals surface area contributed by atoms with Gasteiger partial charge in [-0.3, -0.25) is 4.79 Å². The first-order valence-electron chi connectivity index (χ1n) is 11.1. The molecule has 3 N–H and O–H groups in total. The molecular weight excluding hydrogens is 364 g/mol. The Kier molecular flexibility index (Phi) is 8.16. The molecule has 0 aliphatic carbocycles. The van der Waals surface area contributed by atoms with E-state index in [0.29, 0.717) is 25.7 Å². The molecule has 160 valence electrons. The van der Waals surface area contributed by atoms with Crippen LogP contribution < -0.4 is 20.9 Å². The number of anilines is 1. The predicted octanol–water partition coefficient (Wildman–Crippen LogP) is 1.55. The third-order valence-corrected chi connectivity index (χ3v) is 5.57. The van der Waals surface area contributed by atoms with E-state index < -0.39 is 0 Å². The van der Waals surface area contributed by atoms with Gasteiger partial charge in [0, 0.05) is 44.5 Å². The largest absolute Gasteiger partial charge is 0.360 e. The summed E-state index contributed by atoms with van der Waals surface area (Å²) in [5, 5.41) is 9.86. The van der Waals surface area contributed by atoms with Crippen LogP contribution in [0.4, 0.5) is 5.69 Å². The maximum Gasteiger partial charge on any atom is 0.239 e. The van der Waals surface area contributed by atoms with Crippen LogP contribution in [-0.2, 0) is 11.3 Å². The lowest BCUT2D eigenvalue weighted by Crippen LogP contribution is -2.48. The average molecular weight is 401 g/mol. The molecule has 29 heavy (non-hydrogen) atoms. The molecule has 7 heteroatoms. The van der Waals surface area contributed by atoms with Crippen molar-refractivity contribution in [3.05, 3.63) is 29.8 Å². The summed E-state index contributed by atoms with van der Waals surface area (Å²) in [4.78, 5) is 21.0. The number of piperidine rings is 1. The van der Waals surface area contributed by atoms with E-state index in [-0.39, 0.29) is 5.91 Å². The highest BCUT2D eigenvalue weighted by atomic mass is 16.2. The third kappa shape index (κ3) is 6.63. The Morgan fingerprint density at radius 1 is 1.17 bits per heavy atom. The number of rotatable bonds is 7. The number of likely N-dealkylation sites (tertiary alicyclic amines) is 1. The molecule has 7 nitrogen and oxygen atoms in total. The fourth-order valence-corrected chi connectivity index (χ4v) is 3.97. The Balaban J connectivity index is 1.52. The summed E-state index contributed by atoms with van der Waals surface area (Å²) < 4.78 is 0. The van der Waals surface area contributed by atoms with Crippen LogP contribution in [0.1, 0.15) is 38.7 Å². The Hall–Kier alpha value is -2.28. The number of carbonyl (C=O) groups is 1. The van der Waals surface area contributed by atoms with Crippen molar-refractivity contribution in [2.45, 2.75) is 45.7 Å². The van der Waals surface area contributed by atoms with E-state index in [4.69, 9.17) is 4.99 Å². The standard InChI is InChI=1S/C22H36N6O/c1-3-12-27-13-9-19(10-14-27)26-22(23-4-2)25-16-18-5-7-20(8-6-18)28-15-11-24-21(29)17-28/h5-8,19H,3-4,9-17H2,1-2H3,(H,24,29)(H2,23,25,26). The first kappa shape index (κ1) is 21.4. The van der Waals surface area contributed by atoms with Crippen molar-refractivity contribution < 1.29 is 4.79 Å². The minimum absolute atomic E-state index is 0.0896. The molecule has 2 saturated heterocycles. The first-order chi connectivity index (χ1) is 14.2. The highest BCUT2D eigenvalue weighted by Gasteiger charge is 2.19. The number of guanidine groups is 1. The number of nitrogens with one attached hydrogen (secondary N) is 3. The Bertz CT molecular complexity index is 666. The lowest BCUT2D eigenvalue weighted by atomic mass is 10.1. The zero-order valence-corrected chi connectivity index (χ0v) is 17.9. The van der Waals surface area contributed by atoms with Gasteiger partial charge < -0.3 is 25.8 Å². The molecular formula is C22H36N6O. The number of amides is 1. The summed E-state index contributed by atoms with van der Waals surface area (Å²) in [5.41, 5.74) is 2.27. The van der Waals surface area contributed by atoms with Gasteiger partial charge in [0.25, 0.3) is 0 Å². The van der Waals surface area contributed by atoms with Gasteiger partial charge in [-0.1, -0.05) is 19.1 Å². The Labute approximate surface area is 174 Å². The van der Waals surface area contributed by atoms with Gasteiger partial charge in [0.1, 0.15) is 0 Å². The van der Waals surface area contributed by atoms with E-state index in [1.807, 2.05) is 0 Å². The molecule has 2 aliphatic heterocycles. The van der Waals surface area contributed by atoms with Gasteiger partial charge in [-0.25, -0.2) is 4.99 Å². The average Bonchev–Trinajstić information content (AvgIpc) is 2.74. The number of aliphatic imine (C=N–C) groups is 1. The molecule has 0 spiro atoms. The summed E-state index contributed by atoms with van der Waals surface area (Å²) >= 11 is 0. The molecule has 2 fully saturated rings. The molecule has 0 saturated carbocycles. The summed E-state index contributed by atoms with van der Waals surface area (Å²) in [6, 6.07) is 8.89. The van der Waals surface area contributed by atoms with Crippen LogP contribution in [0.3, 0.4) is 0 Å².